The van der Waals surface area contributed by atoms with Gasteiger partial charge in [0.1, 0.15) is 5.75 Å². The Morgan fingerprint density at radius 2 is 1.95 bits per heavy atom. The summed E-state index contributed by atoms with van der Waals surface area (Å²) in [4.78, 5) is 11.0. The van der Waals surface area contributed by atoms with Crippen LogP contribution >= 0.6 is 0 Å². The summed E-state index contributed by atoms with van der Waals surface area (Å²) in [5.41, 5.74) is -0.430. The molecule has 0 unspecified atom stereocenters. The van der Waals surface area contributed by atoms with Crippen LogP contribution in [-0.4, -0.2) is 19.2 Å². The van der Waals surface area contributed by atoms with Gasteiger partial charge in [-0.25, -0.2) is 4.79 Å². The van der Waals surface area contributed by atoms with E-state index in [1.165, 1.54) is 19.3 Å². The van der Waals surface area contributed by atoms with Crippen LogP contribution in [0.1, 0.15) is 25.0 Å². The van der Waals surface area contributed by atoms with E-state index < -0.39 is 17.7 Å². The first-order valence-corrected chi connectivity index (χ1v) is 5.88. The molecule has 1 aromatic rings. The highest BCUT2D eigenvalue weighted by molar-refractivity contribution is 5.87. The number of hydrogen-bond donors (Lipinski definition) is 0. The molecule has 0 aliphatic carbocycles. The van der Waals surface area contributed by atoms with E-state index in [-0.39, 0.29) is 11.9 Å². The van der Waals surface area contributed by atoms with Crippen molar-refractivity contribution in [1.29, 1.82) is 0 Å². The average molecular weight is 288 g/mol. The van der Waals surface area contributed by atoms with Gasteiger partial charge < -0.3 is 9.47 Å². The van der Waals surface area contributed by atoms with Crippen LogP contribution in [0.4, 0.5) is 13.2 Å². The number of carbonyl (C=O) groups is 1. The van der Waals surface area contributed by atoms with Crippen molar-refractivity contribution in [3.05, 3.63) is 35.4 Å². The molecule has 0 spiro atoms. The zero-order valence-electron chi connectivity index (χ0n) is 11.3. The highest BCUT2D eigenvalue weighted by Gasteiger charge is 2.31. The second kappa shape index (κ2) is 6.45. The van der Waals surface area contributed by atoms with Crippen LogP contribution in [0.2, 0.25) is 0 Å². The maximum absolute atomic E-state index is 12.7. The molecule has 3 nitrogen and oxygen atoms in total. The van der Waals surface area contributed by atoms with Gasteiger partial charge in [0.2, 0.25) is 0 Å². The lowest BCUT2D eigenvalue weighted by Crippen LogP contribution is -2.10. The first-order valence-electron chi connectivity index (χ1n) is 5.88. The van der Waals surface area contributed by atoms with Crippen molar-refractivity contribution in [3.8, 4) is 5.75 Å². The van der Waals surface area contributed by atoms with Gasteiger partial charge in [0.25, 0.3) is 0 Å². The van der Waals surface area contributed by atoms with E-state index in [1.54, 1.807) is 13.8 Å². The van der Waals surface area contributed by atoms with E-state index in [4.69, 9.17) is 4.74 Å². The number of halogens is 3. The Bertz CT molecular complexity index is 505. The molecule has 0 heterocycles. The number of esters is 1. The highest BCUT2D eigenvalue weighted by atomic mass is 19.4. The second-order valence-corrected chi connectivity index (χ2v) is 4.27. The molecule has 0 atom stereocenters. The van der Waals surface area contributed by atoms with Crippen LogP contribution in [0.15, 0.2) is 24.3 Å². The molecule has 6 heteroatoms. The quantitative estimate of drug-likeness (QED) is 0.626. The van der Waals surface area contributed by atoms with Crippen molar-refractivity contribution in [3.63, 3.8) is 0 Å². The van der Waals surface area contributed by atoms with Crippen molar-refractivity contribution < 1.29 is 27.4 Å². The lowest BCUT2D eigenvalue weighted by atomic mass is 10.1. The number of carbonyl (C=O) groups excluding carboxylic acids is 1. The maximum atomic E-state index is 12.7. The molecular formula is C14H15F3O3. The Morgan fingerprint density at radius 3 is 2.45 bits per heavy atom. The van der Waals surface area contributed by atoms with Gasteiger partial charge in [-0.2, -0.15) is 13.2 Å². The summed E-state index contributed by atoms with van der Waals surface area (Å²) in [5, 5.41) is 0. The van der Waals surface area contributed by atoms with E-state index >= 15 is 0 Å². The van der Waals surface area contributed by atoms with Crippen molar-refractivity contribution in [2.75, 3.05) is 7.11 Å². The molecule has 0 aliphatic heterocycles. The molecule has 20 heavy (non-hydrogen) atoms. The van der Waals surface area contributed by atoms with Gasteiger partial charge in [-0.15, -0.1) is 0 Å². The molecule has 0 aromatic heterocycles. The molecule has 110 valence electrons. The van der Waals surface area contributed by atoms with Crippen LogP contribution < -0.4 is 4.74 Å². The molecular weight excluding hydrogens is 273 g/mol. The zero-order valence-corrected chi connectivity index (χ0v) is 11.3. The predicted molar refractivity (Wildman–Crippen MR) is 68.3 cm³/mol. The van der Waals surface area contributed by atoms with Crippen molar-refractivity contribution in [2.45, 2.75) is 26.1 Å². The third-order valence-corrected chi connectivity index (χ3v) is 2.30. The minimum atomic E-state index is -4.44. The molecule has 1 rings (SSSR count). The molecule has 0 N–H and O–H groups in total. The molecule has 0 bridgehead atoms. The van der Waals surface area contributed by atoms with E-state index in [0.29, 0.717) is 5.56 Å². The van der Waals surface area contributed by atoms with Gasteiger partial charge in [0, 0.05) is 11.6 Å². The Morgan fingerprint density at radius 1 is 1.30 bits per heavy atom. The monoisotopic (exact) mass is 288 g/mol. The van der Waals surface area contributed by atoms with Gasteiger partial charge in [0.05, 0.1) is 18.8 Å². The van der Waals surface area contributed by atoms with Crippen molar-refractivity contribution in [2.24, 2.45) is 0 Å². The maximum Gasteiger partial charge on any atom is 0.416 e. The lowest BCUT2D eigenvalue weighted by molar-refractivity contribution is -0.138. The smallest absolute Gasteiger partial charge is 0.416 e. The fourth-order valence-electron chi connectivity index (χ4n) is 1.43. The Balaban J connectivity index is 3.16. The summed E-state index contributed by atoms with van der Waals surface area (Å²) in [7, 11) is 1.21. The molecule has 0 aliphatic rings. The SMILES string of the molecule is COC(=O)/C=C/c1ccc(C(F)(F)F)cc1OC(C)C. The van der Waals surface area contributed by atoms with Crippen LogP contribution in [0.5, 0.6) is 5.75 Å². The van der Waals surface area contributed by atoms with Gasteiger partial charge in [-0.3, -0.25) is 0 Å². The van der Waals surface area contributed by atoms with E-state index in [0.717, 1.165) is 18.2 Å². The molecule has 0 radical (unpaired) electrons. The van der Waals surface area contributed by atoms with E-state index in [2.05, 4.69) is 4.74 Å². The first-order chi connectivity index (χ1) is 9.24. The van der Waals surface area contributed by atoms with Gasteiger partial charge in [-0.1, -0.05) is 6.07 Å². The van der Waals surface area contributed by atoms with Crippen LogP contribution in [0, 0.1) is 0 Å². The normalized spacial score (nSPS) is 11.9. The minimum absolute atomic E-state index is 0.0648. The minimum Gasteiger partial charge on any atom is -0.490 e. The largest absolute Gasteiger partial charge is 0.490 e. The second-order valence-electron chi connectivity index (χ2n) is 4.27. The summed E-state index contributed by atoms with van der Waals surface area (Å²) >= 11 is 0. The fraction of sp³-hybridized carbons (Fsp3) is 0.357. The van der Waals surface area contributed by atoms with Crippen molar-refractivity contribution in [1.82, 2.24) is 0 Å². The number of methoxy groups -OCH3 is 1. The lowest BCUT2D eigenvalue weighted by Gasteiger charge is -2.15. The Kier molecular flexibility index (Phi) is 5.19. The van der Waals surface area contributed by atoms with Gasteiger partial charge >= 0.3 is 12.1 Å². The van der Waals surface area contributed by atoms with E-state index in [1.807, 2.05) is 0 Å². The third-order valence-electron chi connectivity index (χ3n) is 2.30. The molecule has 0 amide bonds. The van der Waals surface area contributed by atoms with Crippen molar-refractivity contribution >= 4 is 12.0 Å². The summed E-state index contributed by atoms with van der Waals surface area (Å²) in [6, 6.07) is 3.10. The average Bonchev–Trinajstić information content (AvgIpc) is 2.34. The highest BCUT2D eigenvalue weighted by Crippen LogP contribution is 2.33. The third kappa shape index (κ3) is 4.60. The first kappa shape index (κ1) is 16.1. The van der Waals surface area contributed by atoms with Crippen LogP contribution in [0.3, 0.4) is 0 Å². The Hall–Kier alpha value is -1.98. The zero-order chi connectivity index (χ0) is 15.3. The van der Waals surface area contributed by atoms with Crippen LogP contribution in [-0.2, 0) is 15.7 Å². The molecule has 0 fully saturated rings. The van der Waals surface area contributed by atoms with Gasteiger partial charge in [-0.05, 0) is 32.1 Å². The predicted octanol–water partition coefficient (Wildman–Crippen LogP) is 3.68. The number of benzene rings is 1. The molecule has 0 saturated carbocycles. The number of alkyl halides is 3. The molecule has 1 aromatic carbocycles. The number of ether oxygens (including phenoxy) is 2. The van der Waals surface area contributed by atoms with Gasteiger partial charge in [0.15, 0.2) is 0 Å². The van der Waals surface area contributed by atoms with Crippen LogP contribution in [0.25, 0.3) is 6.08 Å². The standard InChI is InChI=1S/C14H15F3O3/c1-9(2)20-12-8-11(14(15,16)17)6-4-10(12)5-7-13(18)19-3/h4-9H,1-3H3/b7-5+. The summed E-state index contributed by atoms with van der Waals surface area (Å²) in [6.07, 6.45) is -2.26. The van der Waals surface area contributed by atoms with E-state index in [9.17, 15) is 18.0 Å². The fourth-order valence-corrected chi connectivity index (χ4v) is 1.43. The Labute approximate surface area is 115 Å². The molecule has 0 saturated heterocycles. The topological polar surface area (TPSA) is 35.5 Å². The summed E-state index contributed by atoms with van der Waals surface area (Å²) in [6.45, 7) is 3.40. The summed E-state index contributed by atoms with van der Waals surface area (Å²) < 4.78 is 47.7. The number of rotatable bonds is 4. The number of hydrogen-bond acceptors (Lipinski definition) is 3. The summed E-state index contributed by atoms with van der Waals surface area (Å²) in [5.74, 6) is -0.532.